The van der Waals surface area contributed by atoms with Crippen molar-refractivity contribution in [2.24, 2.45) is 0 Å². The molecule has 1 fully saturated rings. The van der Waals surface area contributed by atoms with Crippen LogP contribution >= 0.6 is 15.4 Å². The highest BCUT2D eigenvalue weighted by Crippen LogP contribution is 2.56. The molecule has 1 aromatic heterocycles. The number of hydrogen-bond acceptors (Lipinski definition) is 11. The van der Waals surface area contributed by atoms with Crippen molar-refractivity contribution in [1.82, 2.24) is 9.55 Å². The predicted molar refractivity (Wildman–Crippen MR) is 128 cm³/mol. The first-order valence-electron chi connectivity index (χ1n) is 11.1. The van der Waals surface area contributed by atoms with Crippen LogP contribution in [0.4, 0.5) is 0 Å². The maximum absolute atomic E-state index is 12.9. The van der Waals surface area contributed by atoms with E-state index in [0.29, 0.717) is 0 Å². The van der Waals surface area contributed by atoms with Gasteiger partial charge in [0.15, 0.2) is 5.34 Å². The van der Waals surface area contributed by atoms with Crippen molar-refractivity contribution in [3.63, 3.8) is 0 Å². The summed E-state index contributed by atoms with van der Waals surface area (Å²) in [7, 11) is -5.77. The number of nitrogens with one attached hydrogen (secondary N) is 1. The zero-order valence-electron chi connectivity index (χ0n) is 21.5. The number of aromatic amines is 1. The van der Waals surface area contributed by atoms with Gasteiger partial charge in [-0.15, -0.1) is 0 Å². The first-order chi connectivity index (χ1) is 16.5. The minimum atomic E-state index is -4.40. The van der Waals surface area contributed by atoms with Crippen molar-refractivity contribution in [2.75, 3.05) is 27.4 Å². The SMILES string of the molecule is COP(=O)(OC)OC(C)(C)CCOC(C)(C)P(=O)(O)OCC1OC(n2cc(C)c(=O)[nH]c2=O)CC1O. The lowest BCUT2D eigenvalue weighted by atomic mass is 10.1. The molecule has 2 heterocycles. The first kappa shape index (κ1) is 31.0. The summed E-state index contributed by atoms with van der Waals surface area (Å²) in [6.45, 7) is 7.02. The molecule has 208 valence electrons. The van der Waals surface area contributed by atoms with Crippen molar-refractivity contribution < 1.29 is 46.7 Å². The van der Waals surface area contributed by atoms with Gasteiger partial charge in [0, 0.05) is 32.4 Å². The van der Waals surface area contributed by atoms with E-state index in [1.807, 2.05) is 0 Å². The molecule has 1 aromatic rings. The highest BCUT2D eigenvalue weighted by atomic mass is 31.2. The fourth-order valence-electron chi connectivity index (χ4n) is 3.29. The van der Waals surface area contributed by atoms with E-state index in [4.69, 9.17) is 27.6 Å². The van der Waals surface area contributed by atoms with E-state index in [-0.39, 0.29) is 25.0 Å². The summed E-state index contributed by atoms with van der Waals surface area (Å²) in [5.41, 5.74) is -1.95. The second-order valence-electron chi connectivity index (χ2n) is 9.44. The zero-order valence-corrected chi connectivity index (χ0v) is 23.2. The molecule has 1 aliphatic rings. The summed E-state index contributed by atoms with van der Waals surface area (Å²) in [6.07, 6.45) is -1.48. The Kier molecular flexibility index (Phi) is 10.1. The summed E-state index contributed by atoms with van der Waals surface area (Å²) in [5, 5.41) is 8.70. The maximum atomic E-state index is 12.9. The highest BCUT2D eigenvalue weighted by Gasteiger charge is 2.45. The monoisotopic (exact) mass is 558 g/mol. The van der Waals surface area contributed by atoms with Crippen LogP contribution < -0.4 is 11.2 Å². The van der Waals surface area contributed by atoms with Crippen LogP contribution in [0.3, 0.4) is 0 Å². The van der Waals surface area contributed by atoms with E-state index in [1.54, 1.807) is 13.8 Å². The normalized spacial score (nSPS) is 23.1. The van der Waals surface area contributed by atoms with Crippen LogP contribution in [0, 0.1) is 6.92 Å². The van der Waals surface area contributed by atoms with Crippen molar-refractivity contribution in [3.8, 4) is 0 Å². The van der Waals surface area contributed by atoms with Crippen molar-refractivity contribution >= 4 is 15.4 Å². The minimum Gasteiger partial charge on any atom is -0.390 e. The van der Waals surface area contributed by atoms with Gasteiger partial charge in [-0.1, -0.05) is 0 Å². The summed E-state index contributed by atoms with van der Waals surface area (Å²) in [6, 6.07) is 0. The molecule has 0 bridgehead atoms. The van der Waals surface area contributed by atoms with E-state index >= 15 is 0 Å². The molecule has 1 aliphatic heterocycles. The first-order valence-corrected chi connectivity index (χ1v) is 14.2. The molecular weight excluding hydrogens is 522 g/mol. The van der Waals surface area contributed by atoms with Crippen LogP contribution in [-0.2, 0) is 36.7 Å². The number of rotatable bonds is 13. The molecule has 3 N–H and O–H groups in total. The molecule has 16 heteroatoms. The summed E-state index contributed by atoms with van der Waals surface area (Å²) < 4.78 is 57.7. The maximum Gasteiger partial charge on any atom is 0.474 e. The fraction of sp³-hybridized carbons (Fsp3) is 0.800. The van der Waals surface area contributed by atoms with Gasteiger partial charge in [-0.3, -0.25) is 32.5 Å². The van der Waals surface area contributed by atoms with Gasteiger partial charge in [-0.05, 0) is 41.0 Å². The van der Waals surface area contributed by atoms with E-state index in [0.717, 1.165) is 4.57 Å². The quantitative estimate of drug-likeness (QED) is 0.300. The standard InChI is InChI=1S/C20H36N2O12P2/c1-13-11-22(18(25)21-17(13)24)16-10-14(23)15(33-16)12-32-35(26,27)20(4,5)31-9-8-19(2,3)34-36(28,29-6)30-7/h11,14-16,23H,8-10,12H2,1-7H3,(H,26,27)(H,21,24,25). The van der Waals surface area contributed by atoms with Crippen molar-refractivity contribution in [1.29, 1.82) is 0 Å². The van der Waals surface area contributed by atoms with Crippen LogP contribution in [0.15, 0.2) is 15.8 Å². The average Bonchev–Trinajstić information content (AvgIpc) is 3.14. The van der Waals surface area contributed by atoms with E-state index in [1.165, 1.54) is 41.2 Å². The number of aliphatic hydroxyl groups excluding tert-OH is 1. The molecule has 0 amide bonds. The third kappa shape index (κ3) is 7.67. The number of phosphoric acid groups is 1. The molecule has 4 unspecified atom stereocenters. The number of aryl methyl sites for hydroxylation is 1. The smallest absolute Gasteiger partial charge is 0.390 e. The lowest BCUT2D eigenvalue weighted by molar-refractivity contribution is -0.0515. The summed E-state index contributed by atoms with van der Waals surface area (Å²) in [5.74, 6) is 0. The molecule has 0 saturated carbocycles. The highest BCUT2D eigenvalue weighted by molar-refractivity contribution is 7.54. The van der Waals surface area contributed by atoms with Crippen molar-refractivity contribution in [2.45, 2.75) is 76.8 Å². The van der Waals surface area contributed by atoms with Gasteiger partial charge in [0.1, 0.15) is 12.3 Å². The number of hydrogen-bond donors (Lipinski definition) is 3. The van der Waals surface area contributed by atoms with Gasteiger partial charge in [0.2, 0.25) is 0 Å². The third-order valence-electron chi connectivity index (χ3n) is 5.72. The molecule has 2 rings (SSSR count). The average molecular weight is 558 g/mol. The van der Waals surface area contributed by atoms with Gasteiger partial charge >= 0.3 is 21.1 Å². The zero-order chi connectivity index (χ0) is 27.5. The fourth-order valence-corrected chi connectivity index (χ4v) is 5.20. The Morgan fingerprint density at radius 1 is 1.19 bits per heavy atom. The Morgan fingerprint density at radius 2 is 1.81 bits per heavy atom. The molecule has 14 nitrogen and oxygen atoms in total. The lowest BCUT2D eigenvalue weighted by Crippen LogP contribution is -2.34. The molecule has 4 atom stereocenters. The Morgan fingerprint density at radius 3 is 2.39 bits per heavy atom. The summed E-state index contributed by atoms with van der Waals surface area (Å²) in [4.78, 5) is 36.4. The van der Waals surface area contributed by atoms with E-state index in [2.05, 4.69) is 4.98 Å². The molecule has 0 aromatic carbocycles. The molecular formula is C20H36N2O12P2. The van der Waals surface area contributed by atoms with Gasteiger partial charge < -0.3 is 24.0 Å². The number of nitrogens with zero attached hydrogens (tertiary/aromatic N) is 1. The Bertz CT molecular complexity index is 1110. The van der Waals surface area contributed by atoms with Crippen LogP contribution in [0.1, 0.15) is 52.3 Å². The topological polar surface area (TPSA) is 185 Å². The molecule has 0 aliphatic carbocycles. The summed E-state index contributed by atoms with van der Waals surface area (Å²) >= 11 is 0. The van der Waals surface area contributed by atoms with Crippen LogP contribution in [-0.4, -0.2) is 70.1 Å². The second kappa shape index (κ2) is 11.7. The third-order valence-corrected chi connectivity index (χ3v) is 9.32. The predicted octanol–water partition coefficient (Wildman–Crippen LogP) is 2.03. The van der Waals surface area contributed by atoms with Crippen LogP contribution in [0.25, 0.3) is 0 Å². The molecule has 0 spiro atoms. The minimum absolute atomic E-state index is 0.0108. The number of ether oxygens (including phenoxy) is 2. The molecule has 1 saturated heterocycles. The van der Waals surface area contributed by atoms with Gasteiger partial charge in [-0.25, -0.2) is 9.36 Å². The van der Waals surface area contributed by atoms with Gasteiger partial charge in [0.25, 0.3) is 5.56 Å². The Labute approximate surface area is 209 Å². The van der Waals surface area contributed by atoms with Crippen LogP contribution in [0.5, 0.6) is 0 Å². The van der Waals surface area contributed by atoms with Crippen LogP contribution in [0.2, 0.25) is 0 Å². The second-order valence-corrected chi connectivity index (χ2v) is 13.6. The number of H-pyrrole nitrogens is 1. The Balaban J connectivity index is 1.95. The Hall–Kier alpha value is -1.18. The lowest BCUT2D eigenvalue weighted by Gasteiger charge is -2.33. The molecule has 0 radical (unpaired) electrons. The number of phosphoric ester groups is 1. The van der Waals surface area contributed by atoms with Gasteiger partial charge in [0.05, 0.1) is 24.9 Å². The number of aromatic nitrogens is 2. The van der Waals surface area contributed by atoms with E-state index < -0.39 is 62.7 Å². The molecule has 36 heavy (non-hydrogen) atoms. The number of aliphatic hydroxyl groups is 1. The largest absolute Gasteiger partial charge is 0.474 e. The van der Waals surface area contributed by atoms with Crippen molar-refractivity contribution in [3.05, 3.63) is 32.6 Å². The van der Waals surface area contributed by atoms with Gasteiger partial charge in [-0.2, -0.15) is 0 Å². The van der Waals surface area contributed by atoms with E-state index in [9.17, 15) is 28.7 Å².